The fourth-order valence-electron chi connectivity index (χ4n) is 2.65. The average Bonchev–Trinajstić information content (AvgIpc) is 2.50. The van der Waals surface area contributed by atoms with Crippen LogP contribution in [0.4, 0.5) is 5.69 Å². The molecule has 0 fully saturated rings. The van der Waals surface area contributed by atoms with Gasteiger partial charge in [-0.15, -0.1) is 0 Å². The molecule has 4 nitrogen and oxygen atoms in total. The maximum atomic E-state index is 12.4. The molecule has 1 heterocycles. The normalized spacial score (nSPS) is 16.1. The van der Waals surface area contributed by atoms with E-state index in [0.717, 1.165) is 30.5 Å². The van der Waals surface area contributed by atoms with Crippen LogP contribution in [0.25, 0.3) is 0 Å². The summed E-state index contributed by atoms with van der Waals surface area (Å²) in [6.07, 6.45) is 5.45. The number of amides is 1. The number of nitrogens with zero attached hydrogens (tertiary/aromatic N) is 2. The van der Waals surface area contributed by atoms with E-state index < -0.39 is 0 Å². The van der Waals surface area contributed by atoms with Crippen LogP contribution in [0.2, 0.25) is 5.02 Å². The molecule has 1 aliphatic rings. The number of rotatable bonds is 5. The molecule has 0 saturated heterocycles. The third kappa shape index (κ3) is 3.76. The van der Waals surface area contributed by atoms with Crippen molar-refractivity contribution in [3.8, 4) is 0 Å². The van der Waals surface area contributed by atoms with Gasteiger partial charge in [-0.3, -0.25) is 4.79 Å². The third-order valence-electron chi connectivity index (χ3n) is 3.80. The summed E-state index contributed by atoms with van der Waals surface area (Å²) in [7, 11) is 0. The van der Waals surface area contributed by atoms with Gasteiger partial charge in [0.15, 0.2) is 0 Å². The van der Waals surface area contributed by atoms with E-state index in [-0.39, 0.29) is 5.91 Å². The molecular weight excluding hydrogens is 288 g/mol. The fraction of sp³-hybridized carbons (Fsp3) is 0.500. The first-order valence-corrected chi connectivity index (χ1v) is 7.86. The van der Waals surface area contributed by atoms with Crippen molar-refractivity contribution >= 4 is 28.9 Å². The van der Waals surface area contributed by atoms with E-state index in [0.29, 0.717) is 30.1 Å². The first-order chi connectivity index (χ1) is 10.2. The van der Waals surface area contributed by atoms with Gasteiger partial charge >= 0.3 is 0 Å². The van der Waals surface area contributed by atoms with Gasteiger partial charge < -0.3 is 10.1 Å². The van der Waals surface area contributed by atoms with Gasteiger partial charge in [-0.2, -0.15) is 0 Å². The molecule has 1 N–H and O–H groups in total. The van der Waals surface area contributed by atoms with Crippen molar-refractivity contribution in [1.82, 2.24) is 0 Å². The molecular formula is C16H21ClN2O2. The molecule has 1 amide bonds. The van der Waals surface area contributed by atoms with Crippen molar-refractivity contribution in [2.75, 3.05) is 11.4 Å². The minimum atomic E-state index is 0.131. The number of benzene rings is 1. The lowest BCUT2D eigenvalue weighted by atomic mass is 9.99. The Bertz CT molecular complexity index is 543. The van der Waals surface area contributed by atoms with E-state index in [1.54, 1.807) is 17.0 Å². The largest absolute Gasteiger partial charge is 0.411 e. The number of unbranched alkanes of at least 4 members (excludes halogenated alkanes) is 3. The highest BCUT2D eigenvalue weighted by molar-refractivity contribution is 6.31. The van der Waals surface area contributed by atoms with Gasteiger partial charge in [-0.25, -0.2) is 0 Å². The molecule has 0 bridgehead atoms. The van der Waals surface area contributed by atoms with Crippen LogP contribution in [0.15, 0.2) is 23.4 Å². The van der Waals surface area contributed by atoms with E-state index in [2.05, 4.69) is 12.1 Å². The van der Waals surface area contributed by atoms with Crippen molar-refractivity contribution in [3.63, 3.8) is 0 Å². The van der Waals surface area contributed by atoms with Crippen molar-refractivity contribution in [2.24, 2.45) is 5.16 Å². The predicted octanol–water partition coefficient (Wildman–Crippen LogP) is 4.23. The third-order valence-corrected chi connectivity index (χ3v) is 4.03. The van der Waals surface area contributed by atoms with Gasteiger partial charge in [0.25, 0.3) is 0 Å². The average molecular weight is 309 g/mol. The lowest BCUT2D eigenvalue weighted by molar-refractivity contribution is -0.118. The van der Waals surface area contributed by atoms with Gasteiger partial charge in [0.05, 0.1) is 11.4 Å². The van der Waals surface area contributed by atoms with Crippen molar-refractivity contribution in [3.05, 3.63) is 28.8 Å². The van der Waals surface area contributed by atoms with Crippen molar-refractivity contribution in [2.45, 2.75) is 45.4 Å². The summed E-state index contributed by atoms with van der Waals surface area (Å²) in [5, 5.41) is 13.0. The molecule has 114 valence electrons. The maximum Gasteiger partial charge on any atom is 0.227 e. The monoisotopic (exact) mass is 308 g/mol. The predicted molar refractivity (Wildman–Crippen MR) is 85.5 cm³/mol. The van der Waals surface area contributed by atoms with Crippen LogP contribution in [0, 0.1) is 0 Å². The zero-order valence-electron chi connectivity index (χ0n) is 12.3. The van der Waals surface area contributed by atoms with Crippen LogP contribution in [-0.4, -0.2) is 23.4 Å². The second-order valence-electron chi connectivity index (χ2n) is 5.31. The Morgan fingerprint density at radius 2 is 2.19 bits per heavy atom. The first kappa shape index (κ1) is 15.8. The number of hydrogen-bond acceptors (Lipinski definition) is 3. The molecule has 5 heteroatoms. The molecule has 1 aromatic carbocycles. The van der Waals surface area contributed by atoms with Crippen LogP contribution in [0.1, 0.15) is 51.0 Å². The minimum Gasteiger partial charge on any atom is -0.411 e. The van der Waals surface area contributed by atoms with Gasteiger partial charge in [-0.05, 0) is 24.6 Å². The summed E-state index contributed by atoms with van der Waals surface area (Å²) in [5.74, 6) is 0.131. The molecule has 0 saturated carbocycles. The highest BCUT2D eigenvalue weighted by Crippen LogP contribution is 2.30. The summed E-state index contributed by atoms with van der Waals surface area (Å²) in [5.41, 5.74) is 2.12. The summed E-state index contributed by atoms with van der Waals surface area (Å²) in [6, 6.07) is 5.34. The zero-order valence-corrected chi connectivity index (χ0v) is 13.1. The molecule has 2 rings (SSSR count). The van der Waals surface area contributed by atoms with E-state index in [9.17, 15) is 4.79 Å². The Morgan fingerprint density at radius 1 is 1.38 bits per heavy atom. The van der Waals surface area contributed by atoms with Gasteiger partial charge in [0.1, 0.15) is 0 Å². The Kier molecular flexibility index (Phi) is 5.62. The van der Waals surface area contributed by atoms with E-state index in [1.165, 1.54) is 6.42 Å². The Morgan fingerprint density at radius 3 is 2.90 bits per heavy atom. The second-order valence-corrected chi connectivity index (χ2v) is 5.75. The van der Waals surface area contributed by atoms with Crippen molar-refractivity contribution < 1.29 is 10.0 Å². The number of fused-ring (bicyclic) bond motifs is 1. The molecule has 1 aliphatic heterocycles. The molecule has 0 aliphatic carbocycles. The molecule has 21 heavy (non-hydrogen) atoms. The molecule has 0 aromatic heterocycles. The Hall–Kier alpha value is -1.55. The van der Waals surface area contributed by atoms with Crippen molar-refractivity contribution in [1.29, 1.82) is 0 Å². The highest BCUT2D eigenvalue weighted by Gasteiger charge is 2.26. The Labute approximate surface area is 130 Å². The van der Waals surface area contributed by atoms with Crippen LogP contribution in [0.5, 0.6) is 0 Å². The second kappa shape index (κ2) is 7.46. The first-order valence-electron chi connectivity index (χ1n) is 7.48. The summed E-state index contributed by atoms with van der Waals surface area (Å²) >= 11 is 6.00. The lowest BCUT2D eigenvalue weighted by Gasteiger charge is -2.30. The molecule has 0 unspecified atom stereocenters. The molecule has 1 aromatic rings. The summed E-state index contributed by atoms with van der Waals surface area (Å²) in [4.78, 5) is 14.2. The number of halogens is 1. The fourth-order valence-corrected chi connectivity index (χ4v) is 2.82. The quantitative estimate of drug-likeness (QED) is 0.503. The lowest BCUT2D eigenvalue weighted by Crippen LogP contribution is -2.37. The number of oxime groups is 1. The van der Waals surface area contributed by atoms with Gasteiger partial charge in [0, 0.05) is 30.0 Å². The highest BCUT2D eigenvalue weighted by atomic mass is 35.5. The standard InChI is InChI=1S/C16H21ClN2O2/c1-2-3-4-5-6-16(20)19-10-9-14(18-21)13-11-12(17)7-8-15(13)19/h7-8,11,21H,2-6,9-10H2,1H3/b18-14-. The molecule has 0 spiro atoms. The number of anilines is 1. The minimum absolute atomic E-state index is 0.131. The summed E-state index contributed by atoms with van der Waals surface area (Å²) < 4.78 is 0. The Balaban J connectivity index is 2.14. The molecule has 0 atom stereocenters. The van der Waals surface area contributed by atoms with Crippen LogP contribution < -0.4 is 4.90 Å². The van der Waals surface area contributed by atoms with E-state index >= 15 is 0 Å². The van der Waals surface area contributed by atoms with Crippen LogP contribution >= 0.6 is 11.6 Å². The van der Waals surface area contributed by atoms with E-state index in [4.69, 9.17) is 16.8 Å². The smallest absolute Gasteiger partial charge is 0.227 e. The maximum absolute atomic E-state index is 12.4. The number of carbonyl (C=O) groups excluding carboxylic acids is 1. The summed E-state index contributed by atoms with van der Waals surface area (Å²) in [6.45, 7) is 2.71. The number of hydrogen-bond donors (Lipinski definition) is 1. The van der Waals surface area contributed by atoms with E-state index in [1.807, 2.05) is 6.07 Å². The SMILES string of the molecule is CCCCCCC(=O)N1CC/C(=N/O)c2cc(Cl)ccc21. The molecule has 0 radical (unpaired) electrons. The van der Waals surface area contributed by atoms with Crippen LogP contribution in [-0.2, 0) is 4.79 Å². The van der Waals surface area contributed by atoms with Gasteiger partial charge in [-0.1, -0.05) is 42.9 Å². The zero-order chi connectivity index (χ0) is 15.2. The van der Waals surface area contributed by atoms with Crippen LogP contribution in [0.3, 0.4) is 0 Å². The van der Waals surface area contributed by atoms with Gasteiger partial charge in [0.2, 0.25) is 5.91 Å². The number of carbonyl (C=O) groups is 1. The topological polar surface area (TPSA) is 52.9 Å².